The monoisotopic (exact) mass is 258 g/mol. The minimum absolute atomic E-state index is 0.200. The maximum Gasteiger partial charge on any atom is 0.426 e. The van der Waals surface area contributed by atoms with Gasteiger partial charge in [-0.15, -0.1) is 0 Å². The summed E-state index contributed by atoms with van der Waals surface area (Å²) < 4.78 is 4.99. The molecule has 2 amide bonds. The summed E-state index contributed by atoms with van der Waals surface area (Å²) in [5.74, 6) is 0.658. The molecule has 0 saturated heterocycles. The average Bonchev–Trinajstić information content (AvgIpc) is 2.10. The highest BCUT2D eigenvalue weighted by Crippen LogP contribution is 2.13. The normalized spacial score (nSPS) is 13.1. The summed E-state index contributed by atoms with van der Waals surface area (Å²) in [6.07, 6.45) is 0.737. The van der Waals surface area contributed by atoms with Gasteiger partial charge in [-0.1, -0.05) is 20.8 Å². The zero-order valence-corrected chi connectivity index (χ0v) is 12.3. The first kappa shape index (κ1) is 16.7. The van der Waals surface area contributed by atoms with Crippen LogP contribution in [0.25, 0.3) is 0 Å². The van der Waals surface area contributed by atoms with Crippen LogP contribution in [0.15, 0.2) is 0 Å². The second-order valence-electron chi connectivity index (χ2n) is 6.11. The molecule has 106 valence electrons. The van der Waals surface area contributed by atoms with Crippen LogP contribution in [0.3, 0.4) is 0 Å². The topological polar surface area (TPSA) is 67.4 Å². The van der Waals surface area contributed by atoms with E-state index >= 15 is 0 Å². The fourth-order valence-corrected chi connectivity index (χ4v) is 1.68. The third kappa shape index (κ3) is 9.93. The van der Waals surface area contributed by atoms with Crippen molar-refractivity contribution in [3.63, 3.8) is 0 Å². The van der Waals surface area contributed by atoms with Gasteiger partial charge in [0.25, 0.3) is 0 Å². The minimum atomic E-state index is -0.646. The second-order valence-corrected chi connectivity index (χ2v) is 6.11. The number of hydrogen-bond acceptors (Lipinski definition) is 3. The Morgan fingerprint density at radius 2 is 1.67 bits per heavy atom. The van der Waals surface area contributed by atoms with Crippen molar-refractivity contribution in [3.8, 4) is 0 Å². The van der Waals surface area contributed by atoms with Gasteiger partial charge in [0, 0.05) is 6.42 Å². The zero-order valence-electron chi connectivity index (χ0n) is 12.3. The molecule has 2 N–H and O–H groups in total. The molecule has 0 radical (unpaired) electrons. The van der Waals surface area contributed by atoms with Crippen molar-refractivity contribution in [2.75, 3.05) is 0 Å². The summed E-state index contributed by atoms with van der Waals surface area (Å²) in [6, 6.07) is 0. The van der Waals surface area contributed by atoms with Gasteiger partial charge >= 0.3 is 6.09 Å². The number of carbonyl (C=O) groups is 2. The molecule has 0 aromatic carbocycles. The zero-order chi connectivity index (χ0) is 14.3. The van der Waals surface area contributed by atoms with Crippen LogP contribution in [0.4, 0.5) is 4.79 Å². The molecular formula is C13H26N2O3. The second kappa shape index (κ2) is 7.24. The molecule has 0 heterocycles. The molecule has 0 aliphatic rings. The molecule has 5 heteroatoms. The van der Waals surface area contributed by atoms with Crippen molar-refractivity contribution < 1.29 is 14.3 Å². The lowest BCUT2D eigenvalue weighted by atomic mass is 9.96. The van der Waals surface area contributed by atoms with Gasteiger partial charge in [-0.3, -0.25) is 10.2 Å². The number of hydrazine groups is 1. The SMILES string of the molecule is CC(C)C[C@@H](C)CC(=O)NNC(=O)OC(C)(C)C. The maximum absolute atomic E-state index is 11.5. The van der Waals surface area contributed by atoms with Gasteiger partial charge in [-0.05, 0) is 39.0 Å². The first-order chi connectivity index (χ1) is 8.10. The van der Waals surface area contributed by atoms with E-state index in [1.54, 1.807) is 20.8 Å². The van der Waals surface area contributed by atoms with Gasteiger partial charge in [0.1, 0.15) is 5.60 Å². The molecule has 0 rings (SSSR count). The largest absolute Gasteiger partial charge is 0.443 e. The predicted octanol–water partition coefficient (Wildman–Crippen LogP) is 2.61. The first-order valence-corrected chi connectivity index (χ1v) is 6.38. The molecule has 1 atom stereocenters. The van der Waals surface area contributed by atoms with Crippen LogP contribution in [-0.2, 0) is 9.53 Å². The molecule has 0 spiro atoms. The lowest BCUT2D eigenvalue weighted by molar-refractivity contribution is -0.123. The summed E-state index contributed by atoms with van der Waals surface area (Å²) in [5, 5.41) is 0. The number of carbonyl (C=O) groups excluding carboxylic acids is 2. The molecule has 18 heavy (non-hydrogen) atoms. The summed E-state index contributed by atoms with van der Waals surface area (Å²) in [4.78, 5) is 22.8. The number of hydrogen-bond donors (Lipinski definition) is 2. The Hall–Kier alpha value is -1.26. The maximum atomic E-state index is 11.5. The average molecular weight is 258 g/mol. The van der Waals surface area contributed by atoms with Crippen molar-refractivity contribution in [2.24, 2.45) is 11.8 Å². The van der Waals surface area contributed by atoms with E-state index in [0.717, 1.165) is 6.42 Å². The van der Waals surface area contributed by atoms with Crippen LogP contribution >= 0.6 is 0 Å². The Morgan fingerprint density at radius 3 is 2.11 bits per heavy atom. The Morgan fingerprint density at radius 1 is 1.11 bits per heavy atom. The molecule has 0 aliphatic carbocycles. The molecule has 0 aliphatic heterocycles. The van der Waals surface area contributed by atoms with Crippen LogP contribution in [-0.4, -0.2) is 17.6 Å². The third-order valence-electron chi connectivity index (χ3n) is 2.11. The van der Waals surface area contributed by atoms with E-state index in [4.69, 9.17) is 4.74 Å². The summed E-state index contributed by atoms with van der Waals surface area (Å²) in [5.41, 5.74) is 4.01. The van der Waals surface area contributed by atoms with E-state index < -0.39 is 11.7 Å². The smallest absolute Gasteiger partial charge is 0.426 e. The summed E-state index contributed by atoms with van der Waals surface area (Å²) in [7, 11) is 0. The molecule has 5 nitrogen and oxygen atoms in total. The fourth-order valence-electron chi connectivity index (χ4n) is 1.68. The van der Waals surface area contributed by atoms with Gasteiger partial charge < -0.3 is 4.74 Å². The van der Waals surface area contributed by atoms with E-state index in [1.165, 1.54) is 0 Å². The molecular weight excluding hydrogens is 232 g/mol. The molecule has 0 fully saturated rings. The number of ether oxygens (including phenoxy) is 1. The van der Waals surface area contributed by atoms with Crippen LogP contribution in [0.5, 0.6) is 0 Å². The van der Waals surface area contributed by atoms with Crippen molar-refractivity contribution in [1.82, 2.24) is 10.9 Å². The Kier molecular flexibility index (Phi) is 6.73. The lowest BCUT2D eigenvalue weighted by Crippen LogP contribution is -2.44. The quantitative estimate of drug-likeness (QED) is 0.762. The van der Waals surface area contributed by atoms with Gasteiger partial charge in [-0.2, -0.15) is 0 Å². The number of amides is 2. The van der Waals surface area contributed by atoms with Gasteiger partial charge in [-0.25, -0.2) is 10.2 Å². The van der Waals surface area contributed by atoms with Gasteiger partial charge in [0.2, 0.25) is 5.91 Å². The standard InChI is InChI=1S/C13H26N2O3/c1-9(2)7-10(3)8-11(16)14-15-12(17)18-13(4,5)6/h9-10H,7-8H2,1-6H3,(H,14,16)(H,15,17)/t10-/m1/s1. The van der Waals surface area contributed by atoms with Crippen molar-refractivity contribution in [1.29, 1.82) is 0 Å². The van der Waals surface area contributed by atoms with Crippen molar-refractivity contribution >= 4 is 12.0 Å². The Labute approximate surface area is 110 Å². The van der Waals surface area contributed by atoms with E-state index in [9.17, 15) is 9.59 Å². The highest BCUT2D eigenvalue weighted by molar-refractivity contribution is 5.79. The van der Waals surface area contributed by atoms with E-state index in [2.05, 4.69) is 24.7 Å². The highest BCUT2D eigenvalue weighted by Gasteiger charge is 2.17. The van der Waals surface area contributed by atoms with Gasteiger partial charge in [0.15, 0.2) is 0 Å². The third-order valence-corrected chi connectivity index (χ3v) is 2.11. The van der Waals surface area contributed by atoms with Crippen LogP contribution in [0.1, 0.15) is 54.4 Å². The van der Waals surface area contributed by atoms with Crippen LogP contribution in [0, 0.1) is 11.8 Å². The number of rotatable bonds is 4. The summed E-state index contributed by atoms with van der Waals surface area (Å²) in [6.45, 7) is 11.5. The number of nitrogens with one attached hydrogen (secondary N) is 2. The molecule has 0 bridgehead atoms. The molecule has 0 aromatic rings. The lowest BCUT2D eigenvalue weighted by Gasteiger charge is -2.20. The molecule has 0 saturated carbocycles. The van der Waals surface area contributed by atoms with Crippen molar-refractivity contribution in [3.05, 3.63) is 0 Å². The summed E-state index contributed by atoms with van der Waals surface area (Å²) >= 11 is 0. The van der Waals surface area contributed by atoms with E-state index in [0.29, 0.717) is 18.3 Å². The highest BCUT2D eigenvalue weighted by atomic mass is 16.6. The van der Waals surface area contributed by atoms with E-state index in [-0.39, 0.29) is 5.91 Å². The Bertz CT molecular complexity index is 282. The molecule has 0 unspecified atom stereocenters. The Balaban J connectivity index is 3.87. The minimum Gasteiger partial charge on any atom is -0.443 e. The van der Waals surface area contributed by atoms with Crippen LogP contribution in [0.2, 0.25) is 0 Å². The van der Waals surface area contributed by atoms with E-state index in [1.807, 2.05) is 6.92 Å². The first-order valence-electron chi connectivity index (χ1n) is 6.38. The van der Waals surface area contributed by atoms with Crippen molar-refractivity contribution in [2.45, 2.75) is 60.0 Å². The van der Waals surface area contributed by atoms with Crippen LogP contribution < -0.4 is 10.9 Å². The predicted molar refractivity (Wildman–Crippen MR) is 70.7 cm³/mol. The fraction of sp³-hybridized carbons (Fsp3) is 0.846. The molecule has 0 aromatic heterocycles. The van der Waals surface area contributed by atoms with Gasteiger partial charge in [0.05, 0.1) is 0 Å².